The molecule has 1 aliphatic heterocycles. The molecular formula is C11H14N2O2. The fourth-order valence-electron chi connectivity index (χ4n) is 1.84. The van der Waals surface area contributed by atoms with Crippen LogP contribution in [0.4, 0.5) is 0 Å². The van der Waals surface area contributed by atoms with Gasteiger partial charge in [0.2, 0.25) is 5.91 Å². The SMILES string of the molecule is Cc1ccc2c(n1)CCN(C(=O)CO)C2. The zero-order chi connectivity index (χ0) is 10.8. The zero-order valence-electron chi connectivity index (χ0n) is 8.73. The summed E-state index contributed by atoms with van der Waals surface area (Å²) in [6.45, 7) is 2.78. The molecule has 0 saturated heterocycles. The first kappa shape index (κ1) is 10.1. The van der Waals surface area contributed by atoms with Crippen LogP contribution in [0.15, 0.2) is 12.1 Å². The predicted octanol–water partition coefficient (Wildman–Crippen LogP) is 0.267. The van der Waals surface area contributed by atoms with E-state index in [-0.39, 0.29) is 5.91 Å². The third-order valence-electron chi connectivity index (χ3n) is 2.68. The van der Waals surface area contributed by atoms with Crippen molar-refractivity contribution in [1.82, 2.24) is 9.88 Å². The van der Waals surface area contributed by atoms with E-state index < -0.39 is 6.61 Å². The normalized spacial score (nSPS) is 14.9. The number of aryl methyl sites for hydroxylation is 1. The Labute approximate surface area is 88.6 Å². The molecule has 1 aliphatic rings. The van der Waals surface area contributed by atoms with Gasteiger partial charge in [-0.25, -0.2) is 0 Å². The van der Waals surface area contributed by atoms with Gasteiger partial charge in [0, 0.05) is 30.9 Å². The van der Waals surface area contributed by atoms with Crippen molar-refractivity contribution in [3.63, 3.8) is 0 Å². The predicted molar refractivity (Wildman–Crippen MR) is 55.2 cm³/mol. The maximum Gasteiger partial charge on any atom is 0.248 e. The monoisotopic (exact) mass is 206 g/mol. The zero-order valence-corrected chi connectivity index (χ0v) is 8.73. The van der Waals surface area contributed by atoms with Crippen molar-refractivity contribution in [2.24, 2.45) is 0 Å². The third-order valence-corrected chi connectivity index (χ3v) is 2.68. The number of carbonyl (C=O) groups is 1. The molecular weight excluding hydrogens is 192 g/mol. The molecule has 0 unspecified atom stereocenters. The van der Waals surface area contributed by atoms with Crippen LogP contribution in [0.2, 0.25) is 0 Å². The Morgan fingerprint density at radius 1 is 1.60 bits per heavy atom. The molecule has 1 aromatic heterocycles. The number of aliphatic hydroxyl groups excluding tert-OH is 1. The molecule has 0 spiro atoms. The second-order valence-corrected chi connectivity index (χ2v) is 3.78. The summed E-state index contributed by atoms with van der Waals surface area (Å²) in [5.41, 5.74) is 3.18. The second-order valence-electron chi connectivity index (χ2n) is 3.78. The number of nitrogens with zero attached hydrogens (tertiary/aromatic N) is 2. The fourth-order valence-corrected chi connectivity index (χ4v) is 1.84. The highest BCUT2D eigenvalue weighted by atomic mass is 16.3. The average molecular weight is 206 g/mol. The van der Waals surface area contributed by atoms with Crippen molar-refractivity contribution in [1.29, 1.82) is 0 Å². The quantitative estimate of drug-likeness (QED) is 0.717. The van der Waals surface area contributed by atoms with Gasteiger partial charge >= 0.3 is 0 Å². The van der Waals surface area contributed by atoms with Gasteiger partial charge in [0.1, 0.15) is 6.61 Å². The molecule has 1 aromatic rings. The summed E-state index contributed by atoms with van der Waals surface area (Å²) in [4.78, 5) is 17.4. The molecule has 1 amide bonds. The number of aromatic nitrogens is 1. The summed E-state index contributed by atoms with van der Waals surface area (Å²) in [5.74, 6) is -0.207. The molecule has 0 bridgehead atoms. The lowest BCUT2D eigenvalue weighted by atomic mass is 10.1. The summed E-state index contributed by atoms with van der Waals surface area (Å²) in [5, 5.41) is 8.77. The molecule has 4 nitrogen and oxygen atoms in total. The van der Waals surface area contributed by atoms with Gasteiger partial charge in [-0.05, 0) is 18.6 Å². The fraction of sp³-hybridized carbons (Fsp3) is 0.455. The minimum Gasteiger partial charge on any atom is -0.387 e. The van der Waals surface area contributed by atoms with Crippen LogP contribution in [0, 0.1) is 6.92 Å². The number of amides is 1. The standard InChI is InChI=1S/C11H14N2O2/c1-8-2-3-9-6-13(11(15)7-14)5-4-10(9)12-8/h2-3,14H,4-7H2,1H3. The van der Waals surface area contributed by atoms with Gasteiger partial charge in [-0.2, -0.15) is 0 Å². The van der Waals surface area contributed by atoms with Crippen molar-refractivity contribution >= 4 is 5.91 Å². The first-order valence-electron chi connectivity index (χ1n) is 5.04. The summed E-state index contributed by atoms with van der Waals surface area (Å²) >= 11 is 0. The van der Waals surface area contributed by atoms with Crippen LogP contribution >= 0.6 is 0 Å². The molecule has 4 heteroatoms. The van der Waals surface area contributed by atoms with Crippen LogP contribution in [-0.2, 0) is 17.8 Å². The van der Waals surface area contributed by atoms with Gasteiger partial charge in [0.05, 0.1) is 0 Å². The first-order chi connectivity index (χ1) is 7.20. The molecule has 2 rings (SSSR count). The minimum absolute atomic E-state index is 0.207. The van der Waals surface area contributed by atoms with Crippen LogP contribution in [0.3, 0.4) is 0 Å². The Morgan fingerprint density at radius 2 is 2.40 bits per heavy atom. The van der Waals surface area contributed by atoms with Crippen LogP contribution in [-0.4, -0.2) is 34.0 Å². The topological polar surface area (TPSA) is 53.4 Å². The first-order valence-corrected chi connectivity index (χ1v) is 5.04. The Bertz CT molecular complexity index is 390. The van der Waals surface area contributed by atoms with Crippen molar-refractivity contribution in [2.75, 3.05) is 13.2 Å². The average Bonchev–Trinajstić information content (AvgIpc) is 2.27. The molecule has 0 aliphatic carbocycles. The smallest absolute Gasteiger partial charge is 0.248 e. The van der Waals surface area contributed by atoms with E-state index >= 15 is 0 Å². The molecule has 0 saturated carbocycles. The van der Waals surface area contributed by atoms with Gasteiger partial charge in [-0.15, -0.1) is 0 Å². The Balaban J connectivity index is 2.20. The van der Waals surface area contributed by atoms with Gasteiger partial charge in [-0.3, -0.25) is 9.78 Å². The van der Waals surface area contributed by atoms with Gasteiger partial charge < -0.3 is 10.0 Å². The van der Waals surface area contributed by atoms with Crippen LogP contribution in [0.1, 0.15) is 17.0 Å². The number of hydrogen-bond donors (Lipinski definition) is 1. The highest BCUT2D eigenvalue weighted by molar-refractivity contribution is 5.77. The molecule has 15 heavy (non-hydrogen) atoms. The third kappa shape index (κ3) is 1.99. The summed E-state index contributed by atoms with van der Waals surface area (Å²) in [6.07, 6.45) is 0.781. The summed E-state index contributed by atoms with van der Waals surface area (Å²) in [7, 11) is 0. The van der Waals surface area contributed by atoms with E-state index in [4.69, 9.17) is 5.11 Å². The van der Waals surface area contributed by atoms with Crippen molar-refractivity contribution in [3.8, 4) is 0 Å². The number of fused-ring (bicyclic) bond motifs is 1. The molecule has 80 valence electrons. The highest BCUT2D eigenvalue weighted by Crippen LogP contribution is 2.17. The number of aliphatic hydroxyl groups is 1. The Morgan fingerprint density at radius 3 is 3.13 bits per heavy atom. The largest absolute Gasteiger partial charge is 0.387 e. The van der Waals surface area contributed by atoms with Crippen molar-refractivity contribution in [3.05, 3.63) is 29.1 Å². The molecule has 0 aromatic carbocycles. The maximum absolute atomic E-state index is 11.3. The lowest BCUT2D eigenvalue weighted by Crippen LogP contribution is -2.37. The van der Waals surface area contributed by atoms with E-state index in [1.807, 2.05) is 19.1 Å². The van der Waals surface area contributed by atoms with Gasteiger partial charge in [-0.1, -0.05) is 6.07 Å². The number of pyridine rings is 1. The van der Waals surface area contributed by atoms with Crippen LogP contribution in [0.5, 0.6) is 0 Å². The summed E-state index contributed by atoms with van der Waals surface area (Å²) in [6, 6.07) is 3.96. The molecule has 0 fully saturated rings. The lowest BCUT2D eigenvalue weighted by molar-refractivity contribution is -0.135. The van der Waals surface area contributed by atoms with E-state index in [0.29, 0.717) is 13.1 Å². The molecule has 0 atom stereocenters. The van der Waals surface area contributed by atoms with E-state index in [9.17, 15) is 4.79 Å². The lowest BCUT2D eigenvalue weighted by Gasteiger charge is -2.27. The Hall–Kier alpha value is -1.42. The molecule has 2 heterocycles. The van der Waals surface area contributed by atoms with Gasteiger partial charge in [0.15, 0.2) is 0 Å². The Kier molecular flexibility index (Phi) is 2.68. The van der Waals surface area contributed by atoms with Crippen LogP contribution in [0.25, 0.3) is 0 Å². The van der Waals surface area contributed by atoms with Gasteiger partial charge in [0.25, 0.3) is 0 Å². The van der Waals surface area contributed by atoms with E-state index in [0.717, 1.165) is 23.4 Å². The van der Waals surface area contributed by atoms with Crippen LogP contribution < -0.4 is 0 Å². The number of carbonyl (C=O) groups excluding carboxylic acids is 1. The summed E-state index contributed by atoms with van der Waals surface area (Å²) < 4.78 is 0. The van der Waals surface area contributed by atoms with Crippen molar-refractivity contribution in [2.45, 2.75) is 19.9 Å². The van der Waals surface area contributed by atoms with Crippen molar-refractivity contribution < 1.29 is 9.90 Å². The molecule has 0 radical (unpaired) electrons. The highest BCUT2D eigenvalue weighted by Gasteiger charge is 2.20. The second kappa shape index (κ2) is 3.98. The van der Waals surface area contributed by atoms with E-state index in [1.54, 1.807) is 4.90 Å². The minimum atomic E-state index is -0.408. The maximum atomic E-state index is 11.3. The number of hydrogen-bond acceptors (Lipinski definition) is 3. The van der Waals surface area contributed by atoms with E-state index in [1.165, 1.54) is 0 Å². The van der Waals surface area contributed by atoms with E-state index in [2.05, 4.69) is 4.98 Å². The molecule has 1 N–H and O–H groups in total. The number of rotatable bonds is 1.